The van der Waals surface area contributed by atoms with Crippen LogP contribution < -0.4 is 9.47 Å². The number of rotatable bonds is 5. The molecule has 1 aliphatic heterocycles. The topological polar surface area (TPSA) is 80.9 Å². The second kappa shape index (κ2) is 12.6. The van der Waals surface area contributed by atoms with E-state index in [1.165, 1.54) is 16.7 Å². The van der Waals surface area contributed by atoms with E-state index >= 15 is 0 Å². The first-order valence-corrected chi connectivity index (χ1v) is 18.2. The third-order valence-electron chi connectivity index (χ3n) is 10.6. The van der Waals surface area contributed by atoms with Crippen molar-refractivity contribution < 1.29 is 9.47 Å². The Kier molecular flexibility index (Phi) is 7.43. The molecule has 2 aliphatic rings. The van der Waals surface area contributed by atoms with Gasteiger partial charge in [-0.1, -0.05) is 141 Å². The fourth-order valence-electron chi connectivity index (χ4n) is 7.83. The van der Waals surface area contributed by atoms with Gasteiger partial charge >= 0.3 is 0 Å². The molecule has 2 heterocycles. The van der Waals surface area contributed by atoms with E-state index in [0.717, 1.165) is 50.3 Å². The van der Waals surface area contributed by atoms with Gasteiger partial charge in [0.05, 0.1) is 11.6 Å². The van der Waals surface area contributed by atoms with Crippen LogP contribution in [0.5, 0.6) is 23.0 Å². The summed E-state index contributed by atoms with van der Waals surface area (Å²) < 4.78 is 13.4. The smallest absolute Gasteiger partial charge is 0.178 e. The molecule has 1 aromatic heterocycles. The van der Waals surface area contributed by atoms with Gasteiger partial charge in [-0.3, -0.25) is 0 Å². The minimum absolute atomic E-state index is 0.134. The normalized spacial score (nSPS) is 13.0. The average molecular weight is 709 g/mol. The highest BCUT2D eigenvalue weighted by atomic mass is 16.6. The highest BCUT2D eigenvalue weighted by molar-refractivity contribution is 5.89. The summed E-state index contributed by atoms with van der Waals surface area (Å²) in [6.45, 7) is 4.53. The van der Waals surface area contributed by atoms with E-state index in [1.54, 1.807) is 6.07 Å². The van der Waals surface area contributed by atoms with Crippen LogP contribution in [0.25, 0.3) is 67.5 Å². The van der Waals surface area contributed by atoms with Crippen molar-refractivity contribution in [1.82, 2.24) is 15.0 Å². The number of aromatic nitrogens is 3. The third kappa shape index (κ3) is 5.45. The lowest BCUT2D eigenvalue weighted by atomic mass is 9.82. The zero-order valence-corrected chi connectivity index (χ0v) is 30.1. The first kappa shape index (κ1) is 32.3. The molecule has 260 valence electrons. The second-order valence-electron chi connectivity index (χ2n) is 14.3. The monoisotopic (exact) mass is 708 g/mol. The Morgan fingerprint density at radius 2 is 1.02 bits per heavy atom. The molecule has 0 unspecified atom stereocenters. The van der Waals surface area contributed by atoms with Crippen LogP contribution in [0.1, 0.15) is 30.5 Å². The average Bonchev–Trinajstić information content (AvgIpc) is 3.49. The molecule has 7 aromatic carbocycles. The minimum Gasteiger partial charge on any atom is -0.449 e. The maximum Gasteiger partial charge on any atom is 0.178 e. The molecule has 10 rings (SSSR count). The lowest BCUT2D eigenvalue weighted by Gasteiger charge is -2.26. The Bertz CT molecular complexity index is 2860. The fourth-order valence-corrected chi connectivity index (χ4v) is 7.83. The molecule has 0 spiro atoms. The van der Waals surface area contributed by atoms with Crippen molar-refractivity contribution in [1.29, 1.82) is 5.26 Å². The van der Waals surface area contributed by atoms with Gasteiger partial charge < -0.3 is 9.47 Å². The number of benzene rings is 7. The summed E-state index contributed by atoms with van der Waals surface area (Å²) in [5, 5.41) is 9.47. The van der Waals surface area contributed by atoms with Crippen LogP contribution in [0.2, 0.25) is 0 Å². The van der Waals surface area contributed by atoms with Gasteiger partial charge in [-0.15, -0.1) is 0 Å². The molecule has 0 atom stereocenters. The quantitative estimate of drug-likeness (QED) is 0.177. The molecule has 0 N–H and O–H groups in total. The predicted octanol–water partition coefficient (Wildman–Crippen LogP) is 12.3. The molecule has 55 heavy (non-hydrogen) atoms. The Morgan fingerprint density at radius 1 is 0.455 bits per heavy atom. The molecule has 6 nitrogen and oxygen atoms in total. The largest absolute Gasteiger partial charge is 0.449 e. The van der Waals surface area contributed by atoms with Gasteiger partial charge in [0.25, 0.3) is 0 Å². The van der Waals surface area contributed by atoms with Gasteiger partial charge in [-0.2, -0.15) is 5.26 Å². The molecule has 6 heteroatoms. The number of hydrogen-bond donors (Lipinski definition) is 0. The van der Waals surface area contributed by atoms with Gasteiger partial charge in [0.2, 0.25) is 0 Å². The highest BCUT2D eigenvalue weighted by Crippen LogP contribution is 2.59. The number of hydrogen-bond acceptors (Lipinski definition) is 6. The van der Waals surface area contributed by atoms with E-state index in [2.05, 4.69) is 74.5 Å². The lowest BCUT2D eigenvalue weighted by Crippen LogP contribution is -2.15. The summed E-state index contributed by atoms with van der Waals surface area (Å²) in [5.41, 5.74) is 11.7. The highest BCUT2D eigenvalue weighted by Gasteiger charge is 2.39. The Hall–Kier alpha value is -7.36. The van der Waals surface area contributed by atoms with Crippen molar-refractivity contribution in [2.24, 2.45) is 0 Å². The standard InChI is InChI=1S/C49H32N4O2/c1-49(2)39-19-7-6-17-38(39)43-40(49)25-26-42-45(43)55-41-20-10-18-37(44(41)54-42)31-21-23-33(24-22-31)47-51-46(32-12-4-3-5-13-32)52-48(53-47)36-16-9-15-35(28-36)34-14-8-11-30(27-34)29-50/h3-28H,1-2H3. The molecule has 1 aliphatic carbocycles. The molecule has 8 aromatic rings. The molecule has 0 saturated carbocycles. The lowest BCUT2D eigenvalue weighted by molar-refractivity contribution is 0.361. The molecule has 0 amide bonds. The van der Waals surface area contributed by atoms with Crippen LogP contribution in [-0.2, 0) is 5.41 Å². The van der Waals surface area contributed by atoms with Gasteiger partial charge in [0.1, 0.15) is 0 Å². The molecule has 0 bridgehead atoms. The maximum absolute atomic E-state index is 9.47. The van der Waals surface area contributed by atoms with Gasteiger partial charge in [-0.05, 0) is 63.7 Å². The van der Waals surface area contributed by atoms with Gasteiger partial charge in [0.15, 0.2) is 40.5 Å². The zero-order valence-electron chi connectivity index (χ0n) is 30.1. The molecule has 0 radical (unpaired) electrons. The number of nitriles is 1. The van der Waals surface area contributed by atoms with Gasteiger partial charge in [-0.25, -0.2) is 15.0 Å². The van der Waals surface area contributed by atoms with Crippen LogP contribution in [-0.4, -0.2) is 15.0 Å². The number of fused-ring (bicyclic) bond motifs is 6. The summed E-state index contributed by atoms with van der Waals surface area (Å²) in [6, 6.07) is 54.9. The van der Waals surface area contributed by atoms with Crippen molar-refractivity contribution in [3.63, 3.8) is 0 Å². The summed E-state index contributed by atoms with van der Waals surface area (Å²) >= 11 is 0. The molecular weight excluding hydrogens is 677 g/mol. The van der Waals surface area contributed by atoms with E-state index < -0.39 is 0 Å². The van der Waals surface area contributed by atoms with Crippen molar-refractivity contribution in [2.45, 2.75) is 19.3 Å². The molecule has 0 fully saturated rings. The molecule has 0 saturated heterocycles. The Labute approximate surface area is 319 Å². The van der Waals surface area contributed by atoms with Crippen molar-refractivity contribution in [3.8, 4) is 96.6 Å². The SMILES string of the molecule is CC1(C)c2ccccc2-c2c1ccc1c2Oc2cccc(-c3ccc(-c4nc(-c5ccccc5)nc(-c5cccc(-c6cccc(C#N)c6)c5)n4)cc3)c2O1. The third-order valence-corrected chi connectivity index (χ3v) is 10.6. The molecular formula is C49H32N4O2. The summed E-state index contributed by atoms with van der Waals surface area (Å²) in [7, 11) is 0. The van der Waals surface area contributed by atoms with Crippen LogP contribution in [0.15, 0.2) is 158 Å². The van der Waals surface area contributed by atoms with E-state index in [1.807, 2.05) is 97.1 Å². The van der Waals surface area contributed by atoms with Crippen molar-refractivity contribution in [3.05, 3.63) is 174 Å². The maximum atomic E-state index is 9.47. The first-order valence-electron chi connectivity index (χ1n) is 18.2. The van der Waals surface area contributed by atoms with Gasteiger partial charge in [0, 0.05) is 33.2 Å². The van der Waals surface area contributed by atoms with E-state index in [-0.39, 0.29) is 5.41 Å². The van der Waals surface area contributed by atoms with Crippen molar-refractivity contribution >= 4 is 0 Å². The number of para-hydroxylation sites is 1. The minimum atomic E-state index is -0.134. The first-order chi connectivity index (χ1) is 26.9. The second-order valence-corrected chi connectivity index (χ2v) is 14.3. The fraction of sp³-hybridized carbons (Fsp3) is 0.0612. The van der Waals surface area contributed by atoms with Crippen LogP contribution >= 0.6 is 0 Å². The number of nitrogens with zero attached hydrogens (tertiary/aromatic N) is 4. The van der Waals surface area contributed by atoms with Crippen LogP contribution in [0.3, 0.4) is 0 Å². The summed E-state index contributed by atoms with van der Waals surface area (Å²) in [6.07, 6.45) is 0. The Balaban J connectivity index is 1.01. The number of ether oxygens (including phenoxy) is 2. The van der Waals surface area contributed by atoms with Crippen molar-refractivity contribution in [2.75, 3.05) is 0 Å². The van der Waals surface area contributed by atoms with E-state index in [9.17, 15) is 5.26 Å². The zero-order chi connectivity index (χ0) is 37.1. The Morgan fingerprint density at radius 3 is 1.80 bits per heavy atom. The van der Waals surface area contributed by atoms with E-state index in [0.29, 0.717) is 40.3 Å². The van der Waals surface area contributed by atoms with Crippen LogP contribution in [0.4, 0.5) is 0 Å². The predicted molar refractivity (Wildman–Crippen MR) is 216 cm³/mol. The van der Waals surface area contributed by atoms with E-state index in [4.69, 9.17) is 24.4 Å². The summed E-state index contributed by atoms with van der Waals surface area (Å²) in [4.78, 5) is 14.9. The summed E-state index contributed by atoms with van der Waals surface area (Å²) in [5.74, 6) is 4.54. The van der Waals surface area contributed by atoms with Crippen LogP contribution in [0, 0.1) is 11.3 Å².